The van der Waals surface area contributed by atoms with Gasteiger partial charge < -0.3 is 13.7 Å². The van der Waals surface area contributed by atoms with Crippen molar-refractivity contribution in [3.63, 3.8) is 0 Å². The van der Waals surface area contributed by atoms with Gasteiger partial charge in [0.25, 0.3) is 0 Å². The van der Waals surface area contributed by atoms with Gasteiger partial charge in [-0.2, -0.15) is 0 Å². The summed E-state index contributed by atoms with van der Waals surface area (Å²) in [5.41, 5.74) is 3.15. The molecule has 1 aliphatic heterocycles. The van der Waals surface area contributed by atoms with E-state index in [0.717, 1.165) is 46.9 Å². The molecule has 0 N–H and O–H groups in total. The number of hydrogen-bond acceptors (Lipinski definition) is 6. The number of imidazole rings is 1. The number of aromatic nitrogens is 4. The number of benzene rings is 1. The molecule has 0 saturated carbocycles. The lowest BCUT2D eigenvalue weighted by atomic mass is 10.2. The van der Waals surface area contributed by atoms with Crippen LogP contribution in [0.2, 0.25) is 0 Å². The summed E-state index contributed by atoms with van der Waals surface area (Å²) < 4.78 is 14.9. The van der Waals surface area contributed by atoms with Gasteiger partial charge >= 0.3 is 0 Å². The molecule has 1 atom stereocenters. The quantitative estimate of drug-likeness (QED) is 0.505. The minimum Gasteiger partial charge on any atom is -0.420 e. The highest BCUT2D eigenvalue weighted by Gasteiger charge is 2.21. The van der Waals surface area contributed by atoms with Gasteiger partial charge in [-0.1, -0.05) is 27.7 Å². The fourth-order valence-corrected chi connectivity index (χ4v) is 4.29. The predicted molar refractivity (Wildman–Crippen MR) is 108 cm³/mol. The molecule has 8 heteroatoms. The molecule has 4 rings (SSSR count). The highest BCUT2D eigenvalue weighted by molar-refractivity contribution is 9.10. The number of ether oxygens (including phenoxy) is 1. The normalized spacial score (nSPS) is 16.9. The van der Waals surface area contributed by atoms with Crippen molar-refractivity contribution in [1.29, 1.82) is 0 Å². The van der Waals surface area contributed by atoms with E-state index in [0.29, 0.717) is 17.5 Å². The molecule has 0 amide bonds. The van der Waals surface area contributed by atoms with Crippen molar-refractivity contribution in [1.82, 2.24) is 19.7 Å². The maximum atomic E-state index is 5.82. The van der Waals surface area contributed by atoms with Gasteiger partial charge in [0.15, 0.2) is 5.16 Å². The molecule has 0 radical (unpaired) electrons. The minimum absolute atomic E-state index is 0.282. The second kappa shape index (κ2) is 8.16. The van der Waals surface area contributed by atoms with E-state index in [-0.39, 0.29) is 6.10 Å². The standard InChI is InChI=1S/C19H21BrN4O2S/c1-12-13(2)24(10-16-4-3-9-25-16)19(21-12)27-11-17-22-23-18(26-17)14-5-7-15(20)8-6-14/h5-8,16H,3-4,9-11H2,1-2H3/t16-/m1/s1. The van der Waals surface area contributed by atoms with Crippen LogP contribution in [-0.2, 0) is 17.0 Å². The molecule has 2 aromatic heterocycles. The molecule has 1 aliphatic rings. The van der Waals surface area contributed by atoms with E-state index in [1.165, 1.54) is 5.69 Å². The van der Waals surface area contributed by atoms with Crippen molar-refractivity contribution in [3.05, 3.63) is 46.0 Å². The van der Waals surface area contributed by atoms with Crippen LogP contribution in [0.3, 0.4) is 0 Å². The van der Waals surface area contributed by atoms with Crippen molar-refractivity contribution < 1.29 is 9.15 Å². The first-order chi connectivity index (χ1) is 13.1. The first kappa shape index (κ1) is 18.7. The van der Waals surface area contributed by atoms with E-state index < -0.39 is 0 Å². The van der Waals surface area contributed by atoms with Crippen molar-refractivity contribution in [2.75, 3.05) is 6.61 Å². The molecule has 142 valence electrons. The largest absolute Gasteiger partial charge is 0.420 e. The zero-order valence-corrected chi connectivity index (χ0v) is 17.7. The molecule has 27 heavy (non-hydrogen) atoms. The predicted octanol–water partition coefficient (Wildman–Crippen LogP) is 4.78. The van der Waals surface area contributed by atoms with Gasteiger partial charge in [0.05, 0.1) is 24.1 Å². The average molecular weight is 449 g/mol. The highest BCUT2D eigenvalue weighted by Crippen LogP contribution is 2.28. The third kappa shape index (κ3) is 4.28. The van der Waals surface area contributed by atoms with Crippen LogP contribution in [0.4, 0.5) is 0 Å². The van der Waals surface area contributed by atoms with Gasteiger partial charge in [-0.25, -0.2) is 4.98 Å². The lowest BCUT2D eigenvalue weighted by Gasteiger charge is -2.14. The van der Waals surface area contributed by atoms with Gasteiger partial charge in [0.1, 0.15) is 0 Å². The van der Waals surface area contributed by atoms with Crippen LogP contribution in [0.1, 0.15) is 30.1 Å². The lowest BCUT2D eigenvalue weighted by molar-refractivity contribution is 0.0945. The van der Waals surface area contributed by atoms with E-state index in [1.54, 1.807) is 11.8 Å². The van der Waals surface area contributed by atoms with E-state index in [1.807, 2.05) is 31.2 Å². The Kier molecular flexibility index (Phi) is 5.66. The van der Waals surface area contributed by atoms with Gasteiger partial charge in [-0.05, 0) is 51.0 Å². The van der Waals surface area contributed by atoms with Gasteiger partial charge in [0, 0.05) is 22.3 Å². The zero-order chi connectivity index (χ0) is 18.8. The Bertz CT molecular complexity index is 916. The van der Waals surface area contributed by atoms with Gasteiger partial charge in [-0.3, -0.25) is 0 Å². The van der Waals surface area contributed by atoms with Crippen LogP contribution in [0, 0.1) is 13.8 Å². The molecule has 0 bridgehead atoms. The van der Waals surface area contributed by atoms with Gasteiger partial charge in [0.2, 0.25) is 11.8 Å². The zero-order valence-electron chi connectivity index (χ0n) is 15.3. The van der Waals surface area contributed by atoms with Crippen molar-refractivity contribution >= 4 is 27.7 Å². The SMILES string of the molecule is Cc1nc(SCc2nnc(-c3ccc(Br)cc3)o2)n(C[C@H]2CCCO2)c1C. The minimum atomic E-state index is 0.282. The molecule has 1 saturated heterocycles. The molecule has 0 spiro atoms. The Morgan fingerprint density at radius 1 is 1.22 bits per heavy atom. The Balaban J connectivity index is 1.46. The average Bonchev–Trinajstić information content (AvgIpc) is 3.39. The number of thioether (sulfide) groups is 1. The molecule has 3 heterocycles. The fraction of sp³-hybridized carbons (Fsp3) is 0.421. The third-order valence-electron chi connectivity index (χ3n) is 4.72. The smallest absolute Gasteiger partial charge is 0.247 e. The number of hydrogen-bond donors (Lipinski definition) is 0. The summed E-state index contributed by atoms with van der Waals surface area (Å²) in [6.07, 6.45) is 2.53. The molecule has 1 aromatic carbocycles. The fourth-order valence-electron chi connectivity index (χ4n) is 3.09. The van der Waals surface area contributed by atoms with Crippen LogP contribution in [-0.4, -0.2) is 32.5 Å². The Morgan fingerprint density at radius 3 is 2.78 bits per heavy atom. The lowest BCUT2D eigenvalue weighted by Crippen LogP contribution is -2.16. The van der Waals surface area contributed by atoms with Crippen molar-refractivity contribution in [2.45, 2.75) is 50.2 Å². The molecule has 6 nitrogen and oxygen atoms in total. The first-order valence-corrected chi connectivity index (χ1v) is 10.7. The number of halogens is 1. The van der Waals surface area contributed by atoms with Crippen LogP contribution in [0.25, 0.3) is 11.5 Å². The second-order valence-electron chi connectivity index (χ2n) is 6.61. The summed E-state index contributed by atoms with van der Waals surface area (Å²) in [6.45, 7) is 5.87. The number of aryl methyl sites for hydroxylation is 1. The van der Waals surface area contributed by atoms with Crippen molar-refractivity contribution in [2.24, 2.45) is 0 Å². The Morgan fingerprint density at radius 2 is 2.04 bits per heavy atom. The number of rotatable bonds is 6. The summed E-state index contributed by atoms with van der Waals surface area (Å²) in [5.74, 6) is 1.72. The van der Waals surface area contributed by atoms with E-state index in [2.05, 4.69) is 37.6 Å². The Labute approximate surface area is 170 Å². The van der Waals surface area contributed by atoms with Crippen LogP contribution >= 0.6 is 27.7 Å². The molecule has 0 aliphatic carbocycles. The summed E-state index contributed by atoms with van der Waals surface area (Å²) in [4.78, 5) is 4.72. The summed E-state index contributed by atoms with van der Waals surface area (Å²) in [5, 5.41) is 9.32. The van der Waals surface area contributed by atoms with Crippen LogP contribution in [0.5, 0.6) is 0 Å². The monoisotopic (exact) mass is 448 g/mol. The third-order valence-corrected chi connectivity index (χ3v) is 6.21. The van der Waals surface area contributed by atoms with Crippen molar-refractivity contribution in [3.8, 4) is 11.5 Å². The van der Waals surface area contributed by atoms with Crippen LogP contribution < -0.4 is 0 Å². The summed E-state index contributed by atoms with van der Waals surface area (Å²) >= 11 is 5.05. The molecule has 3 aromatic rings. The molecule has 1 fully saturated rings. The Hall–Kier alpha value is -1.64. The van der Waals surface area contributed by atoms with Crippen LogP contribution in [0.15, 0.2) is 38.3 Å². The molecule has 0 unspecified atom stereocenters. The number of nitrogens with zero attached hydrogens (tertiary/aromatic N) is 4. The summed E-state index contributed by atoms with van der Waals surface area (Å²) in [7, 11) is 0. The van der Waals surface area contributed by atoms with E-state index in [9.17, 15) is 0 Å². The maximum Gasteiger partial charge on any atom is 0.247 e. The van der Waals surface area contributed by atoms with Gasteiger partial charge in [-0.15, -0.1) is 10.2 Å². The second-order valence-corrected chi connectivity index (χ2v) is 8.47. The molecular formula is C19H21BrN4O2S. The first-order valence-electron chi connectivity index (χ1n) is 8.96. The van der Waals surface area contributed by atoms with E-state index >= 15 is 0 Å². The topological polar surface area (TPSA) is 66.0 Å². The van der Waals surface area contributed by atoms with E-state index in [4.69, 9.17) is 14.1 Å². The summed E-state index contributed by atoms with van der Waals surface area (Å²) in [6, 6.07) is 7.83. The maximum absolute atomic E-state index is 5.82. The highest BCUT2D eigenvalue weighted by atomic mass is 79.9. The molecular weight excluding hydrogens is 428 g/mol.